The van der Waals surface area contributed by atoms with Crippen molar-refractivity contribution in [3.63, 3.8) is 0 Å². The van der Waals surface area contributed by atoms with Crippen molar-refractivity contribution in [3.8, 4) is 0 Å². The van der Waals surface area contributed by atoms with Crippen LogP contribution in [0, 0.1) is 46.3 Å². The van der Waals surface area contributed by atoms with E-state index in [1.807, 2.05) is 0 Å². The van der Waals surface area contributed by atoms with Crippen LogP contribution in [-0.2, 0) is 0 Å². The SMILES string of the molecule is CC(C)[C@@H](C)/C=C/[C@@H](C)[C@@H]1CC[C@@H]2C3=CC[C@@H]4C[C@H](O)CC[C@]4(C)C3=CC[C@]21C. The molecule has 162 valence electrons. The van der Waals surface area contributed by atoms with Gasteiger partial charge in [-0.1, -0.05) is 65.8 Å². The van der Waals surface area contributed by atoms with E-state index in [9.17, 15) is 5.11 Å². The van der Waals surface area contributed by atoms with Crippen LogP contribution in [0.3, 0.4) is 0 Å². The highest BCUT2D eigenvalue weighted by molar-refractivity contribution is 5.46. The Morgan fingerprint density at radius 3 is 2.52 bits per heavy atom. The second-order valence-corrected chi connectivity index (χ2v) is 11.8. The largest absolute Gasteiger partial charge is 0.393 e. The second-order valence-electron chi connectivity index (χ2n) is 11.8. The molecule has 0 aliphatic heterocycles. The molecule has 1 nitrogen and oxygen atoms in total. The van der Waals surface area contributed by atoms with Gasteiger partial charge in [-0.2, -0.15) is 0 Å². The van der Waals surface area contributed by atoms with Gasteiger partial charge in [0.15, 0.2) is 0 Å². The van der Waals surface area contributed by atoms with E-state index >= 15 is 0 Å². The van der Waals surface area contributed by atoms with Crippen LogP contribution in [-0.4, -0.2) is 11.2 Å². The van der Waals surface area contributed by atoms with Crippen molar-refractivity contribution in [1.29, 1.82) is 0 Å². The Kier molecular flexibility index (Phi) is 5.69. The molecule has 0 saturated heterocycles. The van der Waals surface area contributed by atoms with Gasteiger partial charge in [0.1, 0.15) is 0 Å². The third-order valence-corrected chi connectivity index (χ3v) is 9.94. The Labute approximate surface area is 179 Å². The molecule has 0 aromatic rings. The van der Waals surface area contributed by atoms with Gasteiger partial charge in [0.2, 0.25) is 0 Å². The lowest BCUT2D eigenvalue weighted by atomic mass is 9.51. The molecule has 1 N–H and O–H groups in total. The number of rotatable bonds is 4. The van der Waals surface area contributed by atoms with Gasteiger partial charge in [-0.15, -0.1) is 0 Å². The van der Waals surface area contributed by atoms with Crippen LogP contribution in [0.4, 0.5) is 0 Å². The third-order valence-electron chi connectivity index (χ3n) is 9.94. The van der Waals surface area contributed by atoms with Crippen molar-refractivity contribution in [2.24, 2.45) is 46.3 Å². The summed E-state index contributed by atoms with van der Waals surface area (Å²) in [6, 6.07) is 0. The Balaban J connectivity index is 1.58. The van der Waals surface area contributed by atoms with E-state index in [0.29, 0.717) is 28.6 Å². The van der Waals surface area contributed by atoms with E-state index in [2.05, 4.69) is 65.8 Å². The summed E-state index contributed by atoms with van der Waals surface area (Å²) >= 11 is 0. The normalized spacial score (nSPS) is 44.0. The number of aliphatic hydroxyl groups is 1. The van der Waals surface area contributed by atoms with Crippen molar-refractivity contribution in [3.05, 3.63) is 35.5 Å². The lowest BCUT2D eigenvalue weighted by molar-refractivity contribution is 0.0316. The standard InChI is InChI=1S/C28H44O/c1-18(2)19(3)7-8-20(4)24-11-12-25-23-10-9-21-17-22(29)13-15-27(21,5)26(23)14-16-28(24,25)6/h7-8,10,14,18-22,24-25,29H,9,11-13,15-17H2,1-6H3/b8-7+/t19-,20+,21+,22+,24-,25+,27-,28-/m0/s1. The molecule has 2 saturated carbocycles. The summed E-state index contributed by atoms with van der Waals surface area (Å²) in [6.45, 7) is 14.6. The summed E-state index contributed by atoms with van der Waals surface area (Å²) in [5, 5.41) is 10.2. The number of allylic oxidation sites excluding steroid dienone is 6. The maximum atomic E-state index is 10.2. The Hall–Kier alpha value is -0.820. The third kappa shape index (κ3) is 3.50. The first-order valence-electron chi connectivity index (χ1n) is 12.4. The van der Waals surface area contributed by atoms with Gasteiger partial charge in [-0.25, -0.2) is 0 Å². The van der Waals surface area contributed by atoms with Crippen molar-refractivity contribution in [2.75, 3.05) is 0 Å². The summed E-state index contributed by atoms with van der Waals surface area (Å²) in [7, 11) is 0. The van der Waals surface area contributed by atoms with E-state index in [-0.39, 0.29) is 6.10 Å². The van der Waals surface area contributed by atoms with Crippen LogP contribution in [0.5, 0.6) is 0 Å². The average molecular weight is 397 g/mol. The van der Waals surface area contributed by atoms with Gasteiger partial charge in [0, 0.05) is 0 Å². The Morgan fingerprint density at radius 1 is 1.03 bits per heavy atom. The molecule has 0 radical (unpaired) electrons. The van der Waals surface area contributed by atoms with Crippen LogP contribution in [0.15, 0.2) is 35.5 Å². The molecule has 0 unspecified atom stereocenters. The summed E-state index contributed by atoms with van der Waals surface area (Å²) in [5.41, 5.74) is 4.11. The van der Waals surface area contributed by atoms with E-state index in [4.69, 9.17) is 0 Å². The number of aliphatic hydroxyl groups excluding tert-OH is 1. The number of fused-ring (bicyclic) bond motifs is 5. The lowest BCUT2D eigenvalue weighted by Gasteiger charge is -2.53. The molecule has 0 spiro atoms. The fourth-order valence-electron chi connectivity index (χ4n) is 7.44. The first kappa shape index (κ1) is 21.4. The van der Waals surface area contributed by atoms with Crippen LogP contribution >= 0.6 is 0 Å². The molecule has 0 amide bonds. The van der Waals surface area contributed by atoms with E-state index in [1.165, 1.54) is 32.1 Å². The minimum absolute atomic E-state index is 0.0748. The monoisotopic (exact) mass is 396 g/mol. The van der Waals surface area contributed by atoms with Gasteiger partial charge in [0.05, 0.1) is 6.10 Å². The molecule has 4 aliphatic carbocycles. The molecule has 0 bridgehead atoms. The maximum Gasteiger partial charge on any atom is 0.0543 e. The molecular weight excluding hydrogens is 352 g/mol. The van der Waals surface area contributed by atoms with Crippen molar-refractivity contribution in [2.45, 2.75) is 92.6 Å². The zero-order valence-corrected chi connectivity index (χ0v) is 19.7. The molecule has 1 heteroatoms. The highest BCUT2D eigenvalue weighted by Gasteiger charge is 2.55. The summed E-state index contributed by atoms with van der Waals surface area (Å²) in [5.74, 6) is 4.23. The fourth-order valence-corrected chi connectivity index (χ4v) is 7.44. The second kappa shape index (κ2) is 7.70. The summed E-state index contributed by atoms with van der Waals surface area (Å²) < 4.78 is 0. The predicted molar refractivity (Wildman–Crippen MR) is 123 cm³/mol. The summed E-state index contributed by atoms with van der Waals surface area (Å²) in [6.07, 6.45) is 18.5. The highest BCUT2D eigenvalue weighted by atomic mass is 16.3. The maximum absolute atomic E-state index is 10.2. The molecule has 0 heterocycles. The lowest BCUT2D eigenvalue weighted by Crippen LogP contribution is -2.44. The number of hydrogen-bond acceptors (Lipinski definition) is 1. The van der Waals surface area contributed by atoms with Gasteiger partial charge in [-0.05, 0) is 102 Å². The zero-order chi connectivity index (χ0) is 21.0. The van der Waals surface area contributed by atoms with E-state index < -0.39 is 0 Å². The molecule has 2 fully saturated rings. The smallest absolute Gasteiger partial charge is 0.0543 e. The molecule has 4 aliphatic rings. The van der Waals surface area contributed by atoms with Gasteiger partial charge < -0.3 is 5.11 Å². The molecule has 0 aromatic heterocycles. The van der Waals surface area contributed by atoms with E-state index in [1.54, 1.807) is 11.1 Å². The van der Waals surface area contributed by atoms with Crippen molar-refractivity contribution in [1.82, 2.24) is 0 Å². The molecule has 29 heavy (non-hydrogen) atoms. The van der Waals surface area contributed by atoms with Crippen LogP contribution < -0.4 is 0 Å². The predicted octanol–water partition coefficient (Wildman–Crippen LogP) is 7.33. The van der Waals surface area contributed by atoms with Crippen molar-refractivity contribution >= 4 is 0 Å². The zero-order valence-electron chi connectivity index (χ0n) is 19.7. The number of hydrogen-bond donors (Lipinski definition) is 1. The molecule has 0 aromatic carbocycles. The highest BCUT2D eigenvalue weighted by Crippen LogP contribution is 2.64. The molecular formula is C28H44O. The summed E-state index contributed by atoms with van der Waals surface area (Å²) in [4.78, 5) is 0. The Morgan fingerprint density at radius 2 is 1.79 bits per heavy atom. The van der Waals surface area contributed by atoms with Crippen LogP contribution in [0.2, 0.25) is 0 Å². The van der Waals surface area contributed by atoms with E-state index in [0.717, 1.165) is 30.6 Å². The Bertz CT molecular complexity index is 712. The first-order chi connectivity index (χ1) is 13.7. The minimum Gasteiger partial charge on any atom is -0.393 e. The first-order valence-corrected chi connectivity index (χ1v) is 12.4. The van der Waals surface area contributed by atoms with Gasteiger partial charge in [0.25, 0.3) is 0 Å². The minimum atomic E-state index is -0.0748. The molecule has 4 rings (SSSR count). The fraction of sp³-hybridized carbons (Fsp3) is 0.786. The quantitative estimate of drug-likeness (QED) is 0.493. The van der Waals surface area contributed by atoms with Crippen LogP contribution in [0.25, 0.3) is 0 Å². The van der Waals surface area contributed by atoms with Crippen molar-refractivity contribution < 1.29 is 5.11 Å². The van der Waals surface area contributed by atoms with Crippen LogP contribution in [0.1, 0.15) is 86.5 Å². The van der Waals surface area contributed by atoms with Gasteiger partial charge >= 0.3 is 0 Å². The topological polar surface area (TPSA) is 20.2 Å². The molecule has 8 atom stereocenters. The average Bonchev–Trinajstić information content (AvgIpc) is 3.03. The van der Waals surface area contributed by atoms with Gasteiger partial charge in [-0.3, -0.25) is 0 Å².